The Hall–Kier alpha value is -1.84. The lowest BCUT2D eigenvalue weighted by molar-refractivity contribution is -0.123. The molecule has 17 heavy (non-hydrogen) atoms. The summed E-state index contributed by atoms with van der Waals surface area (Å²) >= 11 is 0. The molecule has 92 valence electrons. The van der Waals surface area contributed by atoms with Crippen molar-refractivity contribution in [1.29, 1.82) is 0 Å². The molecule has 0 aromatic heterocycles. The van der Waals surface area contributed by atoms with E-state index in [2.05, 4.69) is 5.32 Å². The first-order valence-corrected chi connectivity index (χ1v) is 5.64. The Morgan fingerprint density at radius 2 is 2.12 bits per heavy atom. The normalized spacial score (nSPS) is 9.76. The third-order valence-electron chi connectivity index (χ3n) is 2.18. The third-order valence-corrected chi connectivity index (χ3v) is 2.18. The topological polar surface area (TPSA) is 55.4 Å². The molecular formula is C13H17NO3. The van der Waals surface area contributed by atoms with E-state index in [0.717, 1.165) is 6.42 Å². The lowest BCUT2D eigenvalue weighted by Crippen LogP contribution is -2.29. The number of carbonyl (C=O) groups is 2. The molecule has 0 saturated carbocycles. The predicted octanol–water partition coefficient (Wildman–Crippen LogP) is 1.79. The Labute approximate surface area is 101 Å². The molecule has 1 amide bonds. The van der Waals surface area contributed by atoms with Gasteiger partial charge in [0.1, 0.15) is 5.75 Å². The van der Waals surface area contributed by atoms with Crippen LogP contribution in [-0.2, 0) is 4.79 Å². The van der Waals surface area contributed by atoms with Gasteiger partial charge >= 0.3 is 0 Å². The molecule has 0 unspecified atom stereocenters. The molecule has 0 saturated heterocycles. The van der Waals surface area contributed by atoms with Crippen LogP contribution < -0.4 is 10.1 Å². The standard InChI is InChI=1S/C13H17NO3/c1-3-7-14-13(16)9-17-12-6-4-5-11(8-12)10(2)15/h4-6,8H,3,7,9H2,1-2H3,(H,14,16). The molecule has 0 radical (unpaired) electrons. The molecule has 0 aliphatic rings. The van der Waals surface area contributed by atoms with Gasteiger partial charge in [-0.2, -0.15) is 0 Å². The van der Waals surface area contributed by atoms with Crippen LogP contribution >= 0.6 is 0 Å². The first-order valence-electron chi connectivity index (χ1n) is 5.64. The number of hydrogen-bond acceptors (Lipinski definition) is 3. The molecule has 1 aromatic rings. The van der Waals surface area contributed by atoms with Gasteiger partial charge in [0, 0.05) is 12.1 Å². The van der Waals surface area contributed by atoms with Crippen LogP contribution in [-0.4, -0.2) is 24.8 Å². The quantitative estimate of drug-likeness (QED) is 0.765. The summed E-state index contributed by atoms with van der Waals surface area (Å²) in [6, 6.07) is 6.80. The van der Waals surface area contributed by atoms with Gasteiger partial charge in [-0.1, -0.05) is 19.1 Å². The minimum absolute atomic E-state index is 0.0223. The van der Waals surface area contributed by atoms with Crippen LogP contribution in [0.2, 0.25) is 0 Å². The van der Waals surface area contributed by atoms with Crippen LogP contribution in [0.15, 0.2) is 24.3 Å². The molecule has 0 bridgehead atoms. The molecule has 4 heteroatoms. The Morgan fingerprint density at radius 1 is 1.35 bits per heavy atom. The maximum atomic E-state index is 11.3. The predicted molar refractivity (Wildman–Crippen MR) is 65.2 cm³/mol. The van der Waals surface area contributed by atoms with Crippen molar-refractivity contribution in [1.82, 2.24) is 5.32 Å². The van der Waals surface area contributed by atoms with Gasteiger partial charge in [-0.05, 0) is 25.5 Å². The molecule has 0 spiro atoms. The van der Waals surface area contributed by atoms with E-state index in [9.17, 15) is 9.59 Å². The van der Waals surface area contributed by atoms with E-state index in [1.807, 2.05) is 6.92 Å². The highest BCUT2D eigenvalue weighted by Gasteiger charge is 2.04. The number of ether oxygens (including phenoxy) is 1. The average molecular weight is 235 g/mol. The van der Waals surface area contributed by atoms with E-state index in [4.69, 9.17) is 4.74 Å². The second kappa shape index (κ2) is 6.68. The highest BCUT2D eigenvalue weighted by atomic mass is 16.5. The molecule has 0 atom stereocenters. The lowest BCUT2D eigenvalue weighted by Gasteiger charge is -2.07. The van der Waals surface area contributed by atoms with Gasteiger partial charge in [-0.15, -0.1) is 0 Å². The number of hydrogen-bond donors (Lipinski definition) is 1. The fourth-order valence-corrected chi connectivity index (χ4v) is 1.27. The monoisotopic (exact) mass is 235 g/mol. The molecule has 0 aliphatic heterocycles. The van der Waals surface area contributed by atoms with E-state index in [-0.39, 0.29) is 18.3 Å². The number of Topliss-reactive ketones (excluding diaryl/α,β-unsaturated/α-hetero) is 1. The number of amides is 1. The summed E-state index contributed by atoms with van der Waals surface area (Å²) in [5, 5.41) is 2.71. The highest BCUT2D eigenvalue weighted by molar-refractivity contribution is 5.94. The van der Waals surface area contributed by atoms with E-state index in [1.54, 1.807) is 24.3 Å². The van der Waals surface area contributed by atoms with E-state index in [1.165, 1.54) is 6.92 Å². The molecule has 1 aromatic carbocycles. The minimum Gasteiger partial charge on any atom is -0.484 e. The van der Waals surface area contributed by atoms with Crippen LogP contribution in [0, 0.1) is 0 Å². The Morgan fingerprint density at radius 3 is 2.76 bits per heavy atom. The average Bonchev–Trinajstić information content (AvgIpc) is 2.34. The van der Waals surface area contributed by atoms with Gasteiger partial charge in [0.15, 0.2) is 12.4 Å². The zero-order valence-corrected chi connectivity index (χ0v) is 10.2. The largest absolute Gasteiger partial charge is 0.484 e. The van der Waals surface area contributed by atoms with Crippen molar-refractivity contribution in [2.24, 2.45) is 0 Å². The Balaban J connectivity index is 2.49. The van der Waals surface area contributed by atoms with E-state index in [0.29, 0.717) is 17.9 Å². The Bertz CT molecular complexity index is 401. The van der Waals surface area contributed by atoms with Gasteiger partial charge in [-0.25, -0.2) is 0 Å². The second-order valence-corrected chi connectivity index (χ2v) is 3.72. The number of benzene rings is 1. The van der Waals surface area contributed by atoms with Gasteiger partial charge in [0.25, 0.3) is 5.91 Å². The Kier molecular flexibility index (Phi) is 5.20. The second-order valence-electron chi connectivity index (χ2n) is 3.72. The molecular weight excluding hydrogens is 218 g/mol. The fraction of sp³-hybridized carbons (Fsp3) is 0.385. The third kappa shape index (κ3) is 4.68. The maximum absolute atomic E-state index is 11.3. The minimum atomic E-state index is -0.153. The van der Waals surface area contributed by atoms with Crippen molar-refractivity contribution in [3.05, 3.63) is 29.8 Å². The number of carbonyl (C=O) groups excluding carboxylic acids is 2. The number of nitrogens with one attached hydrogen (secondary N) is 1. The number of ketones is 1. The zero-order valence-electron chi connectivity index (χ0n) is 10.2. The highest BCUT2D eigenvalue weighted by Crippen LogP contribution is 2.13. The summed E-state index contributed by atoms with van der Waals surface area (Å²) in [5.74, 6) is 0.357. The van der Waals surface area contributed by atoms with Crippen LogP contribution in [0.1, 0.15) is 30.6 Å². The first kappa shape index (κ1) is 13.2. The summed E-state index contributed by atoms with van der Waals surface area (Å²) in [6.07, 6.45) is 0.894. The van der Waals surface area contributed by atoms with Gasteiger partial charge in [0.2, 0.25) is 0 Å². The van der Waals surface area contributed by atoms with Crippen molar-refractivity contribution in [2.75, 3.05) is 13.2 Å². The van der Waals surface area contributed by atoms with Crippen LogP contribution in [0.4, 0.5) is 0 Å². The molecule has 0 heterocycles. The van der Waals surface area contributed by atoms with Crippen LogP contribution in [0.25, 0.3) is 0 Å². The van der Waals surface area contributed by atoms with Gasteiger partial charge in [-0.3, -0.25) is 9.59 Å². The smallest absolute Gasteiger partial charge is 0.257 e. The summed E-state index contributed by atoms with van der Waals surface area (Å²) in [4.78, 5) is 22.4. The SMILES string of the molecule is CCCNC(=O)COc1cccc(C(C)=O)c1. The maximum Gasteiger partial charge on any atom is 0.257 e. The van der Waals surface area contributed by atoms with E-state index < -0.39 is 0 Å². The first-order chi connectivity index (χ1) is 8.13. The van der Waals surface area contributed by atoms with Crippen molar-refractivity contribution in [3.63, 3.8) is 0 Å². The lowest BCUT2D eigenvalue weighted by atomic mass is 10.1. The van der Waals surface area contributed by atoms with Gasteiger partial charge in [0.05, 0.1) is 0 Å². The fourth-order valence-electron chi connectivity index (χ4n) is 1.27. The van der Waals surface area contributed by atoms with Crippen LogP contribution in [0.3, 0.4) is 0 Å². The summed E-state index contributed by atoms with van der Waals surface area (Å²) in [5.41, 5.74) is 0.580. The number of rotatable bonds is 6. The zero-order chi connectivity index (χ0) is 12.7. The van der Waals surface area contributed by atoms with Crippen molar-refractivity contribution >= 4 is 11.7 Å². The molecule has 0 aliphatic carbocycles. The van der Waals surface area contributed by atoms with Crippen molar-refractivity contribution in [2.45, 2.75) is 20.3 Å². The van der Waals surface area contributed by atoms with Crippen LogP contribution in [0.5, 0.6) is 5.75 Å². The van der Waals surface area contributed by atoms with Crippen molar-refractivity contribution in [3.8, 4) is 5.75 Å². The molecule has 1 N–H and O–H groups in total. The van der Waals surface area contributed by atoms with Gasteiger partial charge < -0.3 is 10.1 Å². The molecule has 4 nitrogen and oxygen atoms in total. The summed E-state index contributed by atoms with van der Waals surface area (Å²) in [7, 11) is 0. The summed E-state index contributed by atoms with van der Waals surface area (Å²) < 4.78 is 5.29. The summed E-state index contributed by atoms with van der Waals surface area (Å²) in [6.45, 7) is 4.10. The van der Waals surface area contributed by atoms with E-state index >= 15 is 0 Å². The molecule has 1 rings (SSSR count). The van der Waals surface area contributed by atoms with Crippen molar-refractivity contribution < 1.29 is 14.3 Å². The molecule has 0 fully saturated rings.